The average Bonchev–Trinajstić information content (AvgIpc) is 2.59. The summed E-state index contributed by atoms with van der Waals surface area (Å²) in [7, 11) is -4.26. The van der Waals surface area contributed by atoms with Crippen LogP contribution in [0.5, 0.6) is 23.0 Å². The molecule has 25 heavy (non-hydrogen) atoms. The van der Waals surface area contributed by atoms with E-state index in [4.69, 9.17) is 13.8 Å². The molecule has 1 N–H and O–H groups in total. The van der Waals surface area contributed by atoms with Crippen molar-refractivity contribution in [3.63, 3.8) is 0 Å². The molecule has 5 nitrogen and oxygen atoms in total. The molecule has 0 fully saturated rings. The summed E-state index contributed by atoms with van der Waals surface area (Å²) in [5, 5.41) is 0. The third-order valence-electron chi connectivity index (χ3n) is 3.27. The summed E-state index contributed by atoms with van der Waals surface area (Å²) in [5.41, 5.74) is 1.15. The molecule has 0 aromatic heterocycles. The minimum absolute atomic E-state index is 0.207. The van der Waals surface area contributed by atoms with Crippen LogP contribution in [0, 0.1) is 6.92 Å². The molecule has 3 rings (SSSR count). The van der Waals surface area contributed by atoms with Gasteiger partial charge >= 0.3 is 7.82 Å². The lowest BCUT2D eigenvalue weighted by atomic mass is 10.2. The Morgan fingerprint density at radius 3 is 1.68 bits per heavy atom. The largest absolute Gasteiger partial charge is 0.584 e. The van der Waals surface area contributed by atoms with Gasteiger partial charge in [-0.2, -0.15) is 0 Å². The predicted octanol–water partition coefficient (Wildman–Crippen LogP) is 5.35. The molecule has 1 atom stereocenters. The number of phosphoric acid groups is 1. The second kappa shape index (κ2) is 7.43. The zero-order chi connectivity index (χ0) is 17.7. The third kappa shape index (κ3) is 5.11. The Morgan fingerprint density at radius 1 is 0.680 bits per heavy atom. The van der Waals surface area contributed by atoms with Crippen molar-refractivity contribution >= 4 is 7.82 Å². The van der Waals surface area contributed by atoms with Crippen LogP contribution >= 0.6 is 7.82 Å². The molecule has 0 amide bonds. The minimum Gasteiger partial charge on any atom is -0.457 e. The fourth-order valence-electron chi connectivity index (χ4n) is 2.08. The Balaban J connectivity index is 1.63. The van der Waals surface area contributed by atoms with Gasteiger partial charge in [-0.05, 0) is 55.5 Å². The summed E-state index contributed by atoms with van der Waals surface area (Å²) in [6.45, 7) is 2.00. The Labute approximate surface area is 146 Å². The van der Waals surface area contributed by atoms with Crippen LogP contribution in [0.15, 0.2) is 78.9 Å². The van der Waals surface area contributed by atoms with Crippen LogP contribution in [0.3, 0.4) is 0 Å². The Kier molecular flexibility index (Phi) is 5.08. The van der Waals surface area contributed by atoms with Crippen molar-refractivity contribution in [3.8, 4) is 23.0 Å². The number of aryl methyl sites for hydroxylation is 1. The van der Waals surface area contributed by atoms with Crippen LogP contribution in [-0.2, 0) is 4.57 Å². The fourth-order valence-corrected chi connectivity index (χ4v) is 2.89. The molecule has 6 heteroatoms. The molecule has 0 saturated carbocycles. The molecule has 0 heterocycles. The van der Waals surface area contributed by atoms with Crippen molar-refractivity contribution in [3.05, 3.63) is 84.4 Å². The highest BCUT2D eigenvalue weighted by molar-refractivity contribution is 7.48. The maximum Gasteiger partial charge on any atom is 0.584 e. The van der Waals surface area contributed by atoms with E-state index in [1.165, 1.54) is 0 Å². The first-order valence-corrected chi connectivity index (χ1v) is 9.11. The van der Waals surface area contributed by atoms with Crippen LogP contribution in [0.1, 0.15) is 5.56 Å². The van der Waals surface area contributed by atoms with Crippen molar-refractivity contribution in [1.82, 2.24) is 0 Å². The van der Waals surface area contributed by atoms with Crippen LogP contribution in [-0.4, -0.2) is 4.89 Å². The van der Waals surface area contributed by atoms with Crippen molar-refractivity contribution in [2.24, 2.45) is 0 Å². The number of phosphoric ester groups is 1. The molecule has 0 aliphatic rings. The van der Waals surface area contributed by atoms with Gasteiger partial charge in [0.15, 0.2) is 0 Å². The number of ether oxygens (including phenoxy) is 1. The Hall–Kier alpha value is -2.75. The lowest BCUT2D eigenvalue weighted by Crippen LogP contribution is -1.99. The number of rotatable bonds is 6. The molecule has 0 spiro atoms. The molecule has 1 unspecified atom stereocenters. The lowest BCUT2D eigenvalue weighted by Gasteiger charge is -2.14. The van der Waals surface area contributed by atoms with Crippen molar-refractivity contribution in [2.75, 3.05) is 0 Å². The van der Waals surface area contributed by atoms with Crippen LogP contribution in [0.25, 0.3) is 0 Å². The third-order valence-corrected chi connectivity index (χ3v) is 4.15. The smallest absolute Gasteiger partial charge is 0.457 e. The molecular weight excluding hydrogens is 339 g/mol. The maximum absolute atomic E-state index is 12.0. The van der Waals surface area contributed by atoms with Gasteiger partial charge in [0.1, 0.15) is 23.0 Å². The molecule has 0 saturated heterocycles. The van der Waals surface area contributed by atoms with Gasteiger partial charge in [0.25, 0.3) is 0 Å². The maximum atomic E-state index is 12.0. The first-order valence-electron chi connectivity index (χ1n) is 7.62. The molecule has 0 aliphatic carbocycles. The van der Waals surface area contributed by atoms with E-state index in [0.29, 0.717) is 11.5 Å². The number of hydrogen-bond acceptors (Lipinski definition) is 4. The highest BCUT2D eigenvalue weighted by Gasteiger charge is 2.24. The fraction of sp³-hybridized carbons (Fsp3) is 0.0526. The van der Waals surface area contributed by atoms with Gasteiger partial charge in [0.2, 0.25) is 0 Å². The summed E-state index contributed by atoms with van der Waals surface area (Å²) in [5.74, 6) is 1.76. The normalized spacial score (nSPS) is 12.9. The molecule has 3 aromatic rings. The van der Waals surface area contributed by atoms with Gasteiger partial charge in [0.05, 0.1) is 0 Å². The number of benzene rings is 3. The van der Waals surface area contributed by atoms with E-state index in [1.54, 1.807) is 54.6 Å². The Bertz CT molecular complexity index is 861. The molecular formula is C19H17O5P. The molecule has 128 valence electrons. The van der Waals surface area contributed by atoms with E-state index in [-0.39, 0.29) is 11.5 Å². The summed E-state index contributed by atoms with van der Waals surface area (Å²) in [6.07, 6.45) is 0. The summed E-state index contributed by atoms with van der Waals surface area (Å²) in [4.78, 5) is 9.83. The van der Waals surface area contributed by atoms with E-state index in [2.05, 4.69) is 0 Å². The van der Waals surface area contributed by atoms with Gasteiger partial charge in [-0.15, -0.1) is 0 Å². The van der Waals surface area contributed by atoms with Crippen molar-refractivity contribution < 1.29 is 23.2 Å². The van der Waals surface area contributed by atoms with Gasteiger partial charge in [-0.3, -0.25) is 4.89 Å². The second-order valence-electron chi connectivity index (χ2n) is 5.35. The molecule has 0 aliphatic heterocycles. The van der Waals surface area contributed by atoms with Crippen molar-refractivity contribution in [2.45, 2.75) is 6.92 Å². The van der Waals surface area contributed by atoms with E-state index in [1.807, 2.05) is 31.2 Å². The van der Waals surface area contributed by atoms with Gasteiger partial charge < -0.3 is 13.8 Å². The predicted molar refractivity (Wildman–Crippen MR) is 95.2 cm³/mol. The summed E-state index contributed by atoms with van der Waals surface area (Å²) >= 11 is 0. The second-order valence-corrected chi connectivity index (χ2v) is 6.65. The number of hydrogen-bond donors (Lipinski definition) is 1. The highest BCUT2D eigenvalue weighted by atomic mass is 31.2. The molecule has 0 radical (unpaired) electrons. The Morgan fingerprint density at radius 2 is 1.12 bits per heavy atom. The van der Waals surface area contributed by atoms with Crippen LogP contribution in [0.2, 0.25) is 0 Å². The monoisotopic (exact) mass is 356 g/mol. The molecule has 3 aromatic carbocycles. The quantitative estimate of drug-likeness (QED) is 0.604. The highest BCUT2D eigenvalue weighted by Crippen LogP contribution is 2.44. The van der Waals surface area contributed by atoms with E-state index in [0.717, 1.165) is 5.56 Å². The summed E-state index contributed by atoms with van der Waals surface area (Å²) in [6, 6.07) is 22.4. The first-order chi connectivity index (χ1) is 12.0. The van der Waals surface area contributed by atoms with E-state index >= 15 is 0 Å². The lowest BCUT2D eigenvalue weighted by molar-refractivity contribution is 0.291. The average molecular weight is 356 g/mol. The van der Waals surface area contributed by atoms with Gasteiger partial charge in [0, 0.05) is 0 Å². The van der Waals surface area contributed by atoms with Crippen molar-refractivity contribution in [1.29, 1.82) is 0 Å². The first kappa shape index (κ1) is 17.1. The zero-order valence-electron chi connectivity index (χ0n) is 13.5. The van der Waals surface area contributed by atoms with Crippen LogP contribution in [0.4, 0.5) is 0 Å². The van der Waals surface area contributed by atoms with Gasteiger partial charge in [-0.25, -0.2) is 4.57 Å². The zero-order valence-corrected chi connectivity index (χ0v) is 14.4. The minimum atomic E-state index is -4.26. The SMILES string of the molecule is Cc1ccc(Oc2ccc(OP(=O)(O)Oc3ccccc3)cc2)cc1. The van der Waals surface area contributed by atoms with Gasteiger partial charge in [-0.1, -0.05) is 35.9 Å². The molecule has 0 bridgehead atoms. The topological polar surface area (TPSA) is 65.0 Å². The van der Waals surface area contributed by atoms with E-state index < -0.39 is 7.82 Å². The number of para-hydroxylation sites is 1. The van der Waals surface area contributed by atoms with Crippen LogP contribution < -0.4 is 13.8 Å². The summed E-state index contributed by atoms with van der Waals surface area (Å²) < 4.78 is 27.8. The van der Waals surface area contributed by atoms with E-state index in [9.17, 15) is 9.46 Å². The standard InChI is InChI=1S/C19H17O5P/c1-15-7-9-16(10-8-15)22-17-11-13-19(14-12-17)24-25(20,21)23-18-5-3-2-4-6-18/h2-14H,1H3,(H,20,21).